The minimum absolute atomic E-state index is 0.806. The summed E-state index contributed by atoms with van der Waals surface area (Å²) in [6.45, 7) is 0. The van der Waals surface area contributed by atoms with E-state index in [4.69, 9.17) is 11.6 Å². The smallest absolute Gasteiger partial charge is 0.0843 e. The van der Waals surface area contributed by atoms with Gasteiger partial charge in [-0.1, -0.05) is 11.6 Å². The van der Waals surface area contributed by atoms with Gasteiger partial charge in [-0.3, -0.25) is 0 Å². The lowest BCUT2D eigenvalue weighted by Gasteiger charge is -1.84. The molecule has 42 valence electrons. The van der Waals surface area contributed by atoms with Crippen molar-refractivity contribution in [1.29, 1.82) is 0 Å². The van der Waals surface area contributed by atoms with Crippen molar-refractivity contribution in [3.05, 3.63) is 29.3 Å². The Bertz CT molecular complexity index is 147. The van der Waals surface area contributed by atoms with Crippen molar-refractivity contribution >= 4 is 26.1 Å². The highest BCUT2D eigenvalue weighted by molar-refractivity contribution is 7.27. The van der Waals surface area contributed by atoms with Crippen molar-refractivity contribution in [3.8, 4) is 0 Å². The van der Waals surface area contributed by atoms with E-state index >= 15 is 0 Å². The lowest BCUT2D eigenvalue weighted by atomic mass is 10.4. The monoisotopic (exact) mass is 145 g/mol. The molecule has 0 spiro atoms. The summed E-state index contributed by atoms with van der Waals surface area (Å²) in [6, 6.07) is 7.79. The van der Waals surface area contributed by atoms with Gasteiger partial charge in [-0.25, -0.2) is 0 Å². The second kappa shape index (κ2) is 2.48. The molecule has 0 fully saturated rings. The van der Waals surface area contributed by atoms with Crippen LogP contribution in [-0.2, 0) is 0 Å². The summed E-state index contributed by atoms with van der Waals surface area (Å²) < 4.78 is 0. The van der Waals surface area contributed by atoms with E-state index in [2.05, 4.69) is 0 Å². The number of hydrogen-bond donors (Lipinski definition) is 0. The molecule has 0 N–H and O–H groups in total. The standard InChI is InChI=1S/C6H6ClP/c7-5-1-3-6(8)4-2-5/h1-4H,8H2/p+1. The molecule has 1 atom stereocenters. The zero-order valence-corrected chi connectivity index (χ0v) is 6.56. The van der Waals surface area contributed by atoms with E-state index in [9.17, 15) is 0 Å². The van der Waals surface area contributed by atoms with Crippen LogP contribution in [-0.4, -0.2) is 0 Å². The van der Waals surface area contributed by atoms with Crippen molar-refractivity contribution in [2.75, 3.05) is 0 Å². The molecular weight excluding hydrogens is 138 g/mol. The number of rotatable bonds is 0. The first kappa shape index (κ1) is 6.07. The maximum atomic E-state index is 5.61. The van der Waals surface area contributed by atoms with Crippen LogP contribution in [0.2, 0.25) is 5.02 Å². The zero-order valence-electron chi connectivity index (χ0n) is 4.39. The topological polar surface area (TPSA) is 0 Å². The van der Waals surface area contributed by atoms with E-state index in [1.807, 2.05) is 33.5 Å². The maximum absolute atomic E-state index is 5.61. The molecule has 1 unspecified atom stereocenters. The molecular formula is C6H7ClP+. The number of hydrogen-bond acceptors (Lipinski definition) is 0. The summed E-state index contributed by atoms with van der Waals surface area (Å²) in [5.74, 6) is 0. The van der Waals surface area contributed by atoms with Gasteiger partial charge in [-0.15, -0.1) is 0 Å². The van der Waals surface area contributed by atoms with Crippen molar-refractivity contribution in [2.24, 2.45) is 0 Å². The second-order valence-corrected chi connectivity index (χ2v) is 2.88. The van der Waals surface area contributed by atoms with Gasteiger partial charge in [0, 0.05) is 14.3 Å². The highest BCUT2D eigenvalue weighted by Gasteiger charge is 1.85. The summed E-state index contributed by atoms with van der Waals surface area (Å²) in [6.07, 6.45) is 0. The van der Waals surface area contributed by atoms with Crippen LogP contribution >= 0.6 is 20.8 Å². The molecule has 0 aromatic heterocycles. The highest BCUT2D eigenvalue weighted by atomic mass is 35.5. The predicted octanol–water partition coefficient (Wildman–Crippen LogP) is 1.57. The largest absolute Gasteiger partial charge is 0.0866 e. The first-order chi connectivity index (χ1) is 3.79. The van der Waals surface area contributed by atoms with Crippen LogP contribution < -0.4 is 5.30 Å². The van der Waals surface area contributed by atoms with Gasteiger partial charge in [0.15, 0.2) is 0 Å². The number of benzene rings is 1. The molecule has 0 saturated carbocycles. The Labute approximate surface area is 56.1 Å². The Balaban J connectivity index is 3.03. The summed E-state index contributed by atoms with van der Waals surface area (Å²) in [4.78, 5) is 0. The molecule has 0 aliphatic carbocycles. The normalized spacial score (nSPS) is 9.62. The molecule has 0 bridgehead atoms. The van der Waals surface area contributed by atoms with Gasteiger partial charge in [0.2, 0.25) is 0 Å². The lowest BCUT2D eigenvalue weighted by Crippen LogP contribution is -1.84. The Morgan fingerprint density at radius 3 is 2.00 bits per heavy atom. The predicted molar refractivity (Wildman–Crippen MR) is 42.2 cm³/mol. The Kier molecular flexibility index (Phi) is 1.88. The summed E-state index contributed by atoms with van der Waals surface area (Å²) in [7, 11) is 1.85. The minimum atomic E-state index is 0.806. The van der Waals surface area contributed by atoms with Crippen LogP contribution in [0.1, 0.15) is 0 Å². The molecule has 0 aliphatic rings. The zero-order chi connectivity index (χ0) is 5.98. The third-order valence-corrected chi connectivity index (χ3v) is 1.64. The van der Waals surface area contributed by atoms with Crippen LogP contribution in [0.25, 0.3) is 0 Å². The molecule has 0 aliphatic heterocycles. The van der Waals surface area contributed by atoms with E-state index in [0.717, 1.165) is 5.02 Å². The third-order valence-electron chi connectivity index (χ3n) is 0.913. The van der Waals surface area contributed by atoms with Crippen LogP contribution in [0.3, 0.4) is 0 Å². The van der Waals surface area contributed by atoms with Gasteiger partial charge in [0.1, 0.15) is 0 Å². The van der Waals surface area contributed by atoms with Crippen molar-refractivity contribution in [1.82, 2.24) is 0 Å². The van der Waals surface area contributed by atoms with Crippen molar-refractivity contribution in [3.63, 3.8) is 0 Å². The Morgan fingerprint density at radius 1 is 1.12 bits per heavy atom. The molecule has 0 nitrogen and oxygen atoms in total. The molecule has 1 rings (SSSR count). The maximum Gasteiger partial charge on any atom is 0.0866 e. The molecule has 0 amide bonds. The highest BCUT2D eigenvalue weighted by Crippen LogP contribution is 2.04. The van der Waals surface area contributed by atoms with Gasteiger partial charge in [0.05, 0.1) is 5.30 Å². The average Bonchev–Trinajstić information content (AvgIpc) is 1.77. The van der Waals surface area contributed by atoms with Crippen molar-refractivity contribution < 1.29 is 0 Å². The van der Waals surface area contributed by atoms with Crippen LogP contribution in [0.15, 0.2) is 24.3 Å². The summed E-state index contributed by atoms with van der Waals surface area (Å²) >= 11 is 5.61. The van der Waals surface area contributed by atoms with Gasteiger partial charge in [-0.2, -0.15) is 0 Å². The first-order valence-corrected chi connectivity index (χ1v) is 3.45. The molecule has 1 aromatic rings. The molecule has 2 heteroatoms. The first-order valence-electron chi connectivity index (χ1n) is 2.36. The van der Waals surface area contributed by atoms with E-state index in [1.54, 1.807) is 0 Å². The quantitative estimate of drug-likeness (QED) is 0.486. The van der Waals surface area contributed by atoms with E-state index in [-0.39, 0.29) is 0 Å². The fourth-order valence-corrected chi connectivity index (χ4v) is 0.846. The Hall–Kier alpha value is -0.0600. The molecule has 0 heterocycles. The SMILES string of the molecule is [PH3+]c1ccc(Cl)cc1. The minimum Gasteiger partial charge on any atom is -0.0843 e. The van der Waals surface area contributed by atoms with E-state index < -0.39 is 0 Å². The fraction of sp³-hybridized carbons (Fsp3) is 0. The fourth-order valence-electron chi connectivity index (χ4n) is 0.484. The Morgan fingerprint density at radius 2 is 1.62 bits per heavy atom. The molecule has 1 aromatic carbocycles. The molecule has 8 heavy (non-hydrogen) atoms. The van der Waals surface area contributed by atoms with Crippen molar-refractivity contribution in [2.45, 2.75) is 0 Å². The van der Waals surface area contributed by atoms with Gasteiger partial charge in [-0.05, 0) is 24.3 Å². The summed E-state index contributed by atoms with van der Waals surface area (Å²) in [5.41, 5.74) is 0. The van der Waals surface area contributed by atoms with Gasteiger partial charge >= 0.3 is 0 Å². The number of halogens is 1. The van der Waals surface area contributed by atoms with Gasteiger partial charge < -0.3 is 0 Å². The van der Waals surface area contributed by atoms with E-state index in [1.165, 1.54) is 5.30 Å². The second-order valence-electron chi connectivity index (χ2n) is 1.63. The lowest BCUT2D eigenvalue weighted by molar-refractivity contribution is 1.77. The molecule has 0 radical (unpaired) electrons. The summed E-state index contributed by atoms with van der Waals surface area (Å²) in [5, 5.41) is 2.08. The van der Waals surface area contributed by atoms with Crippen LogP contribution in [0, 0.1) is 0 Å². The van der Waals surface area contributed by atoms with Gasteiger partial charge in [0.25, 0.3) is 0 Å². The average molecular weight is 146 g/mol. The third kappa shape index (κ3) is 1.47. The van der Waals surface area contributed by atoms with E-state index in [0.29, 0.717) is 0 Å². The molecule has 0 saturated heterocycles. The van der Waals surface area contributed by atoms with Crippen LogP contribution in [0.5, 0.6) is 0 Å². The van der Waals surface area contributed by atoms with Crippen LogP contribution in [0.4, 0.5) is 0 Å².